The summed E-state index contributed by atoms with van der Waals surface area (Å²) in [6.07, 6.45) is 8.07. The van der Waals surface area contributed by atoms with E-state index in [-0.39, 0.29) is 11.9 Å². The van der Waals surface area contributed by atoms with Crippen LogP contribution in [0.4, 0.5) is 8.78 Å². The molecule has 0 saturated carbocycles. The third kappa shape index (κ3) is 6.15. The fourth-order valence-corrected chi connectivity index (χ4v) is 5.52. The van der Waals surface area contributed by atoms with Gasteiger partial charge < -0.3 is 0 Å². The molecule has 38 heavy (non-hydrogen) atoms. The maximum atomic E-state index is 13.5. The standard InChI is InChI=1S/C30H24Cl2F2N2OS/c31-23-11-4-20(5-12-23)18-22-2-1-3-26-28(22)35-36(29(26)21-9-13-24(32)14-10-21)27(37)17-8-19-6-15-25(16-7-19)38-30(33)34/h4-18,29-30,35H,1-3H2/b17-8+,22-18+/t29-/m0/s1. The average molecular weight is 570 g/mol. The zero-order chi connectivity index (χ0) is 26.6. The normalized spacial score (nSPS) is 18.4. The van der Waals surface area contributed by atoms with Crippen LogP contribution in [0.2, 0.25) is 10.0 Å². The van der Waals surface area contributed by atoms with Crippen LogP contribution in [0.25, 0.3) is 12.2 Å². The Kier molecular flexibility index (Phi) is 8.22. The van der Waals surface area contributed by atoms with E-state index in [9.17, 15) is 13.6 Å². The number of carbonyl (C=O) groups is 1. The number of nitrogens with zero attached hydrogens (tertiary/aromatic N) is 1. The Hall–Kier alpha value is -3.06. The van der Waals surface area contributed by atoms with Gasteiger partial charge in [-0.25, -0.2) is 5.01 Å². The van der Waals surface area contributed by atoms with Crippen molar-refractivity contribution in [1.29, 1.82) is 0 Å². The number of nitrogens with one attached hydrogen (secondary N) is 1. The van der Waals surface area contributed by atoms with Crippen molar-refractivity contribution in [2.24, 2.45) is 0 Å². The van der Waals surface area contributed by atoms with Crippen LogP contribution in [0, 0.1) is 0 Å². The number of halogens is 4. The molecule has 0 saturated heterocycles. The molecule has 2 aliphatic rings. The van der Waals surface area contributed by atoms with E-state index >= 15 is 0 Å². The highest BCUT2D eigenvalue weighted by Gasteiger charge is 2.38. The van der Waals surface area contributed by atoms with E-state index in [0.29, 0.717) is 26.7 Å². The van der Waals surface area contributed by atoms with Gasteiger partial charge in [0.25, 0.3) is 11.7 Å². The second-order valence-corrected chi connectivity index (χ2v) is 11.0. The fourth-order valence-electron chi connectivity index (χ4n) is 4.77. The Bertz CT molecular complexity index is 1400. The zero-order valence-electron chi connectivity index (χ0n) is 20.2. The Morgan fingerprint density at radius 3 is 2.21 bits per heavy atom. The first-order chi connectivity index (χ1) is 18.4. The molecule has 1 atom stereocenters. The van der Waals surface area contributed by atoms with Gasteiger partial charge in [0.15, 0.2) is 0 Å². The first-order valence-electron chi connectivity index (χ1n) is 12.2. The largest absolute Gasteiger partial charge is 0.295 e. The molecular weight excluding hydrogens is 545 g/mol. The Morgan fingerprint density at radius 1 is 0.921 bits per heavy atom. The van der Waals surface area contributed by atoms with Crippen molar-refractivity contribution in [1.82, 2.24) is 10.4 Å². The molecule has 1 heterocycles. The summed E-state index contributed by atoms with van der Waals surface area (Å²) in [6, 6.07) is 21.7. The van der Waals surface area contributed by atoms with Crippen LogP contribution in [-0.2, 0) is 4.79 Å². The van der Waals surface area contributed by atoms with Gasteiger partial charge in [-0.05, 0) is 95.6 Å². The van der Waals surface area contributed by atoms with Crippen LogP contribution in [0.15, 0.2) is 101 Å². The monoisotopic (exact) mass is 568 g/mol. The summed E-state index contributed by atoms with van der Waals surface area (Å²) < 4.78 is 25.2. The molecule has 0 aromatic heterocycles. The third-order valence-electron chi connectivity index (χ3n) is 6.51. The molecule has 3 aromatic rings. The van der Waals surface area contributed by atoms with Gasteiger partial charge in [0.05, 0.1) is 5.70 Å². The van der Waals surface area contributed by atoms with Crippen LogP contribution in [0.3, 0.4) is 0 Å². The molecule has 0 spiro atoms. The predicted octanol–water partition coefficient (Wildman–Crippen LogP) is 8.93. The Balaban J connectivity index is 1.44. The number of rotatable bonds is 6. The first-order valence-corrected chi connectivity index (χ1v) is 13.8. The quantitative estimate of drug-likeness (QED) is 0.238. The minimum atomic E-state index is -2.47. The third-order valence-corrected chi connectivity index (χ3v) is 7.74. The highest BCUT2D eigenvalue weighted by Crippen LogP contribution is 2.44. The lowest BCUT2D eigenvalue weighted by atomic mass is 9.86. The van der Waals surface area contributed by atoms with Crippen molar-refractivity contribution in [2.45, 2.75) is 36.0 Å². The van der Waals surface area contributed by atoms with Crippen molar-refractivity contribution >= 4 is 53.0 Å². The minimum absolute atomic E-state index is 0.212. The van der Waals surface area contributed by atoms with E-state index in [2.05, 4.69) is 11.5 Å². The number of hydrogen-bond donors (Lipinski definition) is 1. The molecule has 0 fully saturated rings. The van der Waals surface area contributed by atoms with Gasteiger partial charge in [-0.15, -0.1) is 0 Å². The van der Waals surface area contributed by atoms with Gasteiger partial charge in [-0.2, -0.15) is 8.78 Å². The van der Waals surface area contributed by atoms with E-state index in [1.807, 2.05) is 48.5 Å². The lowest BCUT2D eigenvalue weighted by Gasteiger charge is -2.26. The number of hydrogen-bond acceptors (Lipinski definition) is 3. The first kappa shape index (κ1) is 26.5. The van der Waals surface area contributed by atoms with Crippen LogP contribution >= 0.6 is 35.0 Å². The molecule has 3 nitrogen and oxygen atoms in total. The summed E-state index contributed by atoms with van der Waals surface area (Å²) >= 11 is 12.7. The van der Waals surface area contributed by atoms with Crippen LogP contribution < -0.4 is 5.43 Å². The van der Waals surface area contributed by atoms with E-state index in [0.717, 1.165) is 52.8 Å². The summed E-state index contributed by atoms with van der Waals surface area (Å²) in [7, 11) is 0. The minimum Gasteiger partial charge on any atom is -0.295 e. The molecule has 3 aromatic carbocycles. The van der Waals surface area contributed by atoms with Gasteiger partial charge in [0, 0.05) is 21.0 Å². The SMILES string of the molecule is O=C(/C=C/c1ccc(SC(F)F)cc1)N1NC2=C(CCC/C2=C\c2ccc(Cl)cc2)[C@@H]1c1ccc(Cl)cc1. The lowest BCUT2D eigenvalue weighted by Crippen LogP contribution is -2.39. The van der Waals surface area contributed by atoms with Crippen molar-refractivity contribution in [3.05, 3.63) is 122 Å². The highest BCUT2D eigenvalue weighted by molar-refractivity contribution is 7.99. The fraction of sp³-hybridized carbons (Fsp3) is 0.167. The van der Waals surface area contributed by atoms with Crippen LogP contribution in [-0.4, -0.2) is 16.7 Å². The van der Waals surface area contributed by atoms with E-state index in [1.54, 1.807) is 35.4 Å². The predicted molar refractivity (Wildman–Crippen MR) is 152 cm³/mol. The van der Waals surface area contributed by atoms with Gasteiger partial charge >= 0.3 is 0 Å². The van der Waals surface area contributed by atoms with Crippen molar-refractivity contribution < 1.29 is 13.6 Å². The number of hydrazine groups is 1. The summed E-state index contributed by atoms with van der Waals surface area (Å²) in [5, 5.41) is 2.97. The van der Waals surface area contributed by atoms with Crippen LogP contribution in [0.1, 0.15) is 42.0 Å². The second kappa shape index (κ2) is 11.8. The Labute approximate surface area is 234 Å². The molecule has 1 aliphatic carbocycles. The lowest BCUT2D eigenvalue weighted by molar-refractivity contribution is -0.129. The van der Waals surface area contributed by atoms with Crippen molar-refractivity contribution in [3.8, 4) is 0 Å². The molecule has 0 bridgehead atoms. The topological polar surface area (TPSA) is 32.3 Å². The molecule has 1 N–H and O–H groups in total. The molecule has 1 aliphatic heterocycles. The van der Waals surface area contributed by atoms with Gasteiger partial charge in [0.2, 0.25) is 0 Å². The van der Waals surface area contributed by atoms with Crippen LogP contribution in [0.5, 0.6) is 0 Å². The zero-order valence-corrected chi connectivity index (χ0v) is 22.5. The van der Waals surface area contributed by atoms with Gasteiger partial charge in [-0.1, -0.05) is 71.4 Å². The molecule has 8 heteroatoms. The second-order valence-electron chi connectivity index (χ2n) is 9.03. The molecule has 1 amide bonds. The van der Waals surface area contributed by atoms with Crippen molar-refractivity contribution in [2.75, 3.05) is 0 Å². The molecule has 0 unspecified atom stereocenters. The van der Waals surface area contributed by atoms with E-state index in [4.69, 9.17) is 23.2 Å². The maximum absolute atomic E-state index is 13.5. The molecule has 5 rings (SSSR count). The number of thioether (sulfide) groups is 1. The number of alkyl halides is 2. The summed E-state index contributed by atoms with van der Waals surface area (Å²) in [5.41, 5.74) is 9.44. The number of carbonyl (C=O) groups excluding carboxylic acids is 1. The number of amides is 1. The van der Waals surface area contributed by atoms with E-state index < -0.39 is 5.76 Å². The Morgan fingerprint density at radius 2 is 1.55 bits per heavy atom. The number of allylic oxidation sites excluding steroid dienone is 1. The summed E-state index contributed by atoms with van der Waals surface area (Å²) in [6.45, 7) is 0. The van der Waals surface area contributed by atoms with Gasteiger partial charge in [0.1, 0.15) is 6.04 Å². The van der Waals surface area contributed by atoms with Gasteiger partial charge in [-0.3, -0.25) is 10.2 Å². The highest BCUT2D eigenvalue weighted by atomic mass is 35.5. The van der Waals surface area contributed by atoms with Crippen molar-refractivity contribution in [3.63, 3.8) is 0 Å². The molecular formula is C30H24Cl2F2N2OS. The molecule has 194 valence electrons. The van der Waals surface area contributed by atoms with E-state index in [1.165, 1.54) is 6.08 Å². The summed E-state index contributed by atoms with van der Waals surface area (Å²) in [4.78, 5) is 14.0. The maximum Gasteiger partial charge on any atom is 0.288 e. The summed E-state index contributed by atoms with van der Waals surface area (Å²) in [5.74, 6) is -2.68. The molecule has 0 radical (unpaired) electrons. The number of benzene rings is 3. The smallest absolute Gasteiger partial charge is 0.288 e. The average Bonchev–Trinajstić information content (AvgIpc) is 3.30.